The summed E-state index contributed by atoms with van der Waals surface area (Å²) in [7, 11) is 0. The third-order valence-corrected chi connectivity index (χ3v) is 5.29. The van der Waals surface area contributed by atoms with Gasteiger partial charge in [-0.3, -0.25) is 14.5 Å². The van der Waals surface area contributed by atoms with E-state index in [1.807, 2.05) is 32.0 Å². The number of hydrogen-bond donors (Lipinski definition) is 1. The molecule has 1 atom stereocenters. The van der Waals surface area contributed by atoms with Gasteiger partial charge in [0.05, 0.1) is 17.7 Å². The van der Waals surface area contributed by atoms with E-state index in [1.54, 1.807) is 12.3 Å². The summed E-state index contributed by atoms with van der Waals surface area (Å²) in [5.74, 6) is 0.465. The summed E-state index contributed by atoms with van der Waals surface area (Å²) in [6, 6.07) is 8.75. The molecule has 0 radical (unpaired) electrons. The van der Waals surface area contributed by atoms with E-state index in [4.69, 9.17) is 8.83 Å². The summed E-state index contributed by atoms with van der Waals surface area (Å²) in [5, 5.41) is 3.41. The van der Waals surface area contributed by atoms with E-state index in [0.29, 0.717) is 17.5 Å². The Hall–Kier alpha value is -2.86. The van der Waals surface area contributed by atoms with Crippen molar-refractivity contribution in [1.82, 2.24) is 10.2 Å². The molecule has 1 aliphatic heterocycles. The maximum absolute atomic E-state index is 12.7. The average Bonchev–Trinajstić information content (AvgIpc) is 3.37. The van der Waals surface area contributed by atoms with E-state index < -0.39 is 5.91 Å². The number of hydrogen-bond acceptors (Lipinski definition) is 5. The normalized spacial score (nSPS) is 15.8. The molecule has 2 aromatic heterocycles. The first-order valence-corrected chi connectivity index (χ1v) is 9.63. The molecule has 0 unspecified atom stereocenters. The van der Waals surface area contributed by atoms with Crippen LogP contribution in [0, 0.1) is 13.8 Å². The van der Waals surface area contributed by atoms with Crippen molar-refractivity contribution in [3.8, 4) is 0 Å². The van der Waals surface area contributed by atoms with E-state index in [0.717, 1.165) is 42.8 Å². The van der Waals surface area contributed by atoms with E-state index in [9.17, 15) is 9.59 Å². The van der Waals surface area contributed by atoms with Crippen LogP contribution in [0.15, 0.2) is 50.2 Å². The Balaban J connectivity index is 1.57. The van der Waals surface area contributed by atoms with Gasteiger partial charge in [0.15, 0.2) is 11.2 Å². The molecule has 4 rings (SSSR count). The van der Waals surface area contributed by atoms with E-state index in [-0.39, 0.29) is 17.2 Å². The van der Waals surface area contributed by atoms with Crippen LogP contribution in [0.2, 0.25) is 0 Å². The van der Waals surface area contributed by atoms with Gasteiger partial charge in [0, 0.05) is 12.6 Å². The largest absolute Gasteiger partial charge is 0.468 e. The highest BCUT2D eigenvalue weighted by molar-refractivity contribution is 5.93. The third kappa shape index (κ3) is 3.60. The van der Waals surface area contributed by atoms with Gasteiger partial charge in [-0.1, -0.05) is 6.07 Å². The summed E-state index contributed by atoms with van der Waals surface area (Å²) < 4.78 is 11.4. The number of aryl methyl sites for hydroxylation is 2. The van der Waals surface area contributed by atoms with Gasteiger partial charge in [-0.2, -0.15) is 0 Å². The van der Waals surface area contributed by atoms with Gasteiger partial charge < -0.3 is 14.2 Å². The van der Waals surface area contributed by atoms with Crippen molar-refractivity contribution in [2.75, 3.05) is 19.6 Å². The summed E-state index contributed by atoms with van der Waals surface area (Å²) >= 11 is 0. The van der Waals surface area contributed by atoms with Crippen LogP contribution in [-0.4, -0.2) is 30.4 Å². The van der Waals surface area contributed by atoms with Crippen LogP contribution in [0.5, 0.6) is 0 Å². The monoisotopic (exact) mass is 380 g/mol. The van der Waals surface area contributed by atoms with Crippen LogP contribution in [0.4, 0.5) is 0 Å². The number of fused-ring (bicyclic) bond motifs is 1. The van der Waals surface area contributed by atoms with Crippen LogP contribution in [0.3, 0.4) is 0 Å². The smallest absolute Gasteiger partial charge is 0.287 e. The Bertz CT molecular complexity index is 1050. The first kappa shape index (κ1) is 18.5. The van der Waals surface area contributed by atoms with Crippen LogP contribution >= 0.6 is 0 Å². The molecule has 0 saturated carbocycles. The zero-order chi connectivity index (χ0) is 19.7. The van der Waals surface area contributed by atoms with Gasteiger partial charge in [0.2, 0.25) is 0 Å². The van der Waals surface area contributed by atoms with Gasteiger partial charge in [-0.25, -0.2) is 0 Å². The second-order valence-electron chi connectivity index (χ2n) is 7.42. The van der Waals surface area contributed by atoms with Crippen LogP contribution in [-0.2, 0) is 0 Å². The number of rotatable bonds is 5. The van der Waals surface area contributed by atoms with Crippen LogP contribution < -0.4 is 10.7 Å². The molecule has 3 aromatic rings. The van der Waals surface area contributed by atoms with Crippen molar-refractivity contribution in [1.29, 1.82) is 0 Å². The summed E-state index contributed by atoms with van der Waals surface area (Å²) in [6.45, 7) is 6.15. The lowest BCUT2D eigenvalue weighted by molar-refractivity contribution is 0.0906. The lowest BCUT2D eigenvalue weighted by Crippen LogP contribution is -2.36. The zero-order valence-corrected chi connectivity index (χ0v) is 16.2. The predicted molar refractivity (Wildman–Crippen MR) is 107 cm³/mol. The van der Waals surface area contributed by atoms with E-state index >= 15 is 0 Å². The highest BCUT2D eigenvalue weighted by atomic mass is 16.3. The number of furan rings is 1. The molecule has 146 valence electrons. The van der Waals surface area contributed by atoms with Gasteiger partial charge in [0.25, 0.3) is 5.91 Å². The second-order valence-corrected chi connectivity index (χ2v) is 7.42. The predicted octanol–water partition coefficient (Wildman–Crippen LogP) is 3.57. The van der Waals surface area contributed by atoms with Crippen LogP contribution in [0.1, 0.15) is 46.3 Å². The maximum atomic E-state index is 12.7. The first-order valence-electron chi connectivity index (χ1n) is 9.63. The second kappa shape index (κ2) is 7.64. The minimum atomic E-state index is -0.394. The number of amides is 1. The molecular weight excluding hydrogens is 356 g/mol. The number of carbonyl (C=O) groups excluding carboxylic acids is 1. The number of benzene rings is 1. The Kier molecular flexibility index (Phi) is 5.05. The molecule has 1 saturated heterocycles. The minimum Gasteiger partial charge on any atom is -0.468 e. The van der Waals surface area contributed by atoms with Gasteiger partial charge >= 0.3 is 0 Å². The molecule has 3 heterocycles. The van der Waals surface area contributed by atoms with Crippen molar-refractivity contribution in [3.05, 3.63) is 69.5 Å². The third-order valence-electron chi connectivity index (χ3n) is 5.29. The van der Waals surface area contributed by atoms with E-state index in [1.165, 1.54) is 6.07 Å². The number of likely N-dealkylation sites (tertiary alicyclic amines) is 1. The van der Waals surface area contributed by atoms with Crippen molar-refractivity contribution in [2.45, 2.75) is 32.7 Å². The quantitative estimate of drug-likeness (QED) is 0.732. The van der Waals surface area contributed by atoms with Gasteiger partial charge in [-0.15, -0.1) is 0 Å². The lowest BCUT2D eigenvalue weighted by Gasteiger charge is -2.25. The molecular formula is C22H24N2O4. The SMILES string of the molecule is Cc1cc(C)c2oc(C(=O)NC[C@H](c3ccco3)N3CCCC3)cc(=O)c2c1. The first-order chi connectivity index (χ1) is 13.5. The highest BCUT2D eigenvalue weighted by Crippen LogP contribution is 2.25. The van der Waals surface area contributed by atoms with Crippen molar-refractivity contribution in [2.24, 2.45) is 0 Å². The molecule has 1 N–H and O–H groups in total. The summed E-state index contributed by atoms with van der Waals surface area (Å²) in [4.78, 5) is 27.5. The van der Waals surface area contributed by atoms with Gasteiger partial charge in [-0.05, 0) is 69.1 Å². The molecule has 0 bridgehead atoms. The highest BCUT2D eigenvalue weighted by Gasteiger charge is 2.26. The van der Waals surface area contributed by atoms with Crippen molar-refractivity contribution in [3.63, 3.8) is 0 Å². The van der Waals surface area contributed by atoms with Crippen LogP contribution in [0.25, 0.3) is 11.0 Å². The molecule has 28 heavy (non-hydrogen) atoms. The summed E-state index contributed by atoms with van der Waals surface area (Å²) in [5.41, 5.74) is 2.08. The topological polar surface area (TPSA) is 75.7 Å². The number of nitrogens with zero attached hydrogens (tertiary/aromatic N) is 1. The fourth-order valence-corrected chi connectivity index (χ4v) is 3.94. The minimum absolute atomic E-state index is 0.0296. The van der Waals surface area contributed by atoms with E-state index in [2.05, 4.69) is 10.2 Å². The zero-order valence-electron chi connectivity index (χ0n) is 16.2. The Labute approximate surface area is 163 Å². The molecule has 1 aromatic carbocycles. The molecule has 6 nitrogen and oxygen atoms in total. The number of carbonyl (C=O) groups is 1. The standard InChI is InChI=1S/C22H24N2O4/c1-14-10-15(2)21-16(11-14)18(25)12-20(28-21)22(26)23-13-17(19-6-5-9-27-19)24-7-3-4-8-24/h5-6,9-12,17H,3-4,7-8,13H2,1-2H3,(H,23,26)/t17-/m1/s1. The average molecular weight is 380 g/mol. The molecule has 1 aliphatic rings. The molecule has 1 amide bonds. The lowest BCUT2D eigenvalue weighted by atomic mass is 10.1. The molecule has 1 fully saturated rings. The fourth-order valence-electron chi connectivity index (χ4n) is 3.94. The molecule has 6 heteroatoms. The van der Waals surface area contributed by atoms with Crippen molar-refractivity contribution < 1.29 is 13.6 Å². The summed E-state index contributed by atoms with van der Waals surface area (Å²) in [6.07, 6.45) is 3.93. The Morgan fingerprint density at radius 1 is 1.21 bits per heavy atom. The fraction of sp³-hybridized carbons (Fsp3) is 0.364. The maximum Gasteiger partial charge on any atom is 0.287 e. The Morgan fingerprint density at radius 3 is 2.71 bits per heavy atom. The molecule has 0 aliphatic carbocycles. The van der Waals surface area contributed by atoms with Crippen molar-refractivity contribution >= 4 is 16.9 Å². The molecule has 0 spiro atoms. The van der Waals surface area contributed by atoms with Gasteiger partial charge in [0.1, 0.15) is 11.3 Å². The number of nitrogens with one attached hydrogen (secondary N) is 1. The Morgan fingerprint density at radius 2 is 2.00 bits per heavy atom.